The molecule has 1 heterocycles. The Morgan fingerprint density at radius 2 is 2.13 bits per heavy atom. The topological polar surface area (TPSA) is 35.2 Å². The third kappa shape index (κ3) is 2.21. The molecule has 0 unspecified atom stereocenters. The third-order valence-electron chi connectivity index (χ3n) is 2.54. The Kier molecular flexibility index (Phi) is 2.53. The molecule has 1 aromatic rings. The van der Waals surface area contributed by atoms with Crippen molar-refractivity contribution in [1.29, 1.82) is 0 Å². The van der Waals surface area contributed by atoms with Gasteiger partial charge in [0.1, 0.15) is 11.4 Å². The van der Waals surface area contributed by atoms with Crippen molar-refractivity contribution in [3.63, 3.8) is 0 Å². The second-order valence-corrected chi connectivity index (χ2v) is 4.45. The van der Waals surface area contributed by atoms with E-state index in [1.165, 1.54) is 5.56 Å². The van der Waals surface area contributed by atoms with Crippen LogP contribution in [0.15, 0.2) is 24.3 Å². The molecule has 0 amide bonds. The Hall–Kier alpha value is -1.28. The van der Waals surface area contributed by atoms with E-state index in [9.17, 15) is 0 Å². The number of rotatable bonds is 2. The average Bonchev–Trinajstić information content (AvgIpc) is 2.18. The molecule has 2 nitrogen and oxygen atoms in total. The number of benzene rings is 1. The minimum atomic E-state index is -0.192. The van der Waals surface area contributed by atoms with E-state index < -0.39 is 0 Å². The number of fused-ring (bicyclic) bond motifs is 1. The molecular formula is C13H17NO. The zero-order valence-electron chi connectivity index (χ0n) is 9.29. The lowest BCUT2D eigenvalue weighted by molar-refractivity contribution is 0.159. The second-order valence-electron chi connectivity index (χ2n) is 4.45. The molecule has 80 valence electrons. The number of hydrogen-bond donors (Lipinski definition) is 1. The van der Waals surface area contributed by atoms with E-state index >= 15 is 0 Å². The van der Waals surface area contributed by atoms with Crippen LogP contribution in [0.5, 0.6) is 5.75 Å². The fraction of sp³-hybridized carbons (Fsp3) is 0.385. The minimum absolute atomic E-state index is 0.192. The SMILES string of the molecule is CC1(C)C=Cc2cc(CCN)ccc2O1. The van der Waals surface area contributed by atoms with Gasteiger partial charge in [-0.2, -0.15) is 0 Å². The van der Waals surface area contributed by atoms with Crippen LogP contribution in [0.25, 0.3) is 6.08 Å². The Morgan fingerprint density at radius 3 is 2.87 bits per heavy atom. The van der Waals surface area contributed by atoms with Crippen LogP contribution in [0.1, 0.15) is 25.0 Å². The fourth-order valence-corrected chi connectivity index (χ4v) is 1.75. The summed E-state index contributed by atoms with van der Waals surface area (Å²) in [5, 5.41) is 0. The summed E-state index contributed by atoms with van der Waals surface area (Å²) in [5.74, 6) is 0.961. The van der Waals surface area contributed by atoms with E-state index in [4.69, 9.17) is 10.5 Å². The van der Waals surface area contributed by atoms with Crippen LogP contribution in [0.2, 0.25) is 0 Å². The molecule has 0 saturated carbocycles. The molecule has 0 bridgehead atoms. The summed E-state index contributed by atoms with van der Waals surface area (Å²) in [6, 6.07) is 6.26. The van der Waals surface area contributed by atoms with Crippen molar-refractivity contribution in [2.45, 2.75) is 25.9 Å². The van der Waals surface area contributed by atoms with Gasteiger partial charge >= 0.3 is 0 Å². The van der Waals surface area contributed by atoms with Crippen molar-refractivity contribution in [1.82, 2.24) is 0 Å². The lowest BCUT2D eigenvalue weighted by atomic mass is 10.00. The van der Waals surface area contributed by atoms with Crippen LogP contribution in [0, 0.1) is 0 Å². The highest BCUT2D eigenvalue weighted by molar-refractivity contribution is 5.61. The first-order valence-corrected chi connectivity index (χ1v) is 5.32. The number of ether oxygens (including phenoxy) is 1. The highest BCUT2D eigenvalue weighted by Crippen LogP contribution is 2.31. The maximum Gasteiger partial charge on any atom is 0.127 e. The van der Waals surface area contributed by atoms with Crippen molar-refractivity contribution in [3.05, 3.63) is 35.4 Å². The summed E-state index contributed by atoms with van der Waals surface area (Å²) in [7, 11) is 0. The molecule has 2 heteroatoms. The van der Waals surface area contributed by atoms with Crippen LogP contribution in [-0.2, 0) is 6.42 Å². The van der Waals surface area contributed by atoms with Crippen molar-refractivity contribution < 1.29 is 4.74 Å². The van der Waals surface area contributed by atoms with E-state index in [-0.39, 0.29) is 5.60 Å². The molecule has 0 fully saturated rings. The average molecular weight is 203 g/mol. The Labute approximate surface area is 90.7 Å². The molecule has 2 N–H and O–H groups in total. The van der Waals surface area contributed by atoms with E-state index in [0.717, 1.165) is 17.7 Å². The van der Waals surface area contributed by atoms with Crippen molar-refractivity contribution in [2.75, 3.05) is 6.54 Å². The summed E-state index contributed by atoms with van der Waals surface area (Å²) in [6.45, 7) is 4.80. The van der Waals surface area contributed by atoms with Crippen LogP contribution < -0.4 is 10.5 Å². The molecular weight excluding hydrogens is 186 g/mol. The summed E-state index contributed by atoms with van der Waals surface area (Å²) < 4.78 is 5.83. The van der Waals surface area contributed by atoms with Crippen LogP contribution in [0.3, 0.4) is 0 Å². The van der Waals surface area contributed by atoms with Crippen LogP contribution in [0.4, 0.5) is 0 Å². The van der Waals surface area contributed by atoms with Gasteiger partial charge in [-0.15, -0.1) is 0 Å². The van der Waals surface area contributed by atoms with Gasteiger partial charge < -0.3 is 10.5 Å². The molecule has 15 heavy (non-hydrogen) atoms. The Bertz CT molecular complexity index is 394. The maximum atomic E-state index is 5.83. The van der Waals surface area contributed by atoms with Crippen molar-refractivity contribution in [3.8, 4) is 5.75 Å². The van der Waals surface area contributed by atoms with Gasteiger partial charge in [-0.1, -0.05) is 12.1 Å². The van der Waals surface area contributed by atoms with Crippen molar-refractivity contribution in [2.24, 2.45) is 5.73 Å². The first-order chi connectivity index (χ1) is 7.11. The zero-order chi connectivity index (χ0) is 10.9. The van der Waals surface area contributed by atoms with Gasteiger partial charge in [-0.25, -0.2) is 0 Å². The number of nitrogens with two attached hydrogens (primary N) is 1. The van der Waals surface area contributed by atoms with E-state index in [1.807, 2.05) is 6.07 Å². The van der Waals surface area contributed by atoms with Gasteiger partial charge in [0.15, 0.2) is 0 Å². The second kappa shape index (κ2) is 3.70. The molecule has 0 spiro atoms. The van der Waals surface area contributed by atoms with Gasteiger partial charge in [0.2, 0.25) is 0 Å². The molecule has 1 aliphatic rings. The van der Waals surface area contributed by atoms with Gasteiger partial charge in [0, 0.05) is 5.56 Å². The van der Waals surface area contributed by atoms with E-state index in [1.54, 1.807) is 0 Å². The fourth-order valence-electron chi connectivity index (χ4n) is 1.75. The maximum absolute atomic E-state index is 5.83. The highest BCUT2D eigenvalue weighted by atomic mass is 16.5. The molecule has 0 radical (unpaired) electrons. The highest BCUT2D eigenvalue weighted by Gasteiger charge is 2.21. The van der Waals surface area contributed by atoms with Crippen LogP contribution in [-0.4, -0.2) is 12.1 Å². The Balaban J connectivity index is 2.32. The normalized spacial score (nSPS) is 17.0. The molecule has 0 aliphatic carbocycles. The lowest BCUT2D eigenvalue weighted by Crippen LogP contribution is -2.27. The molecule has 0 aromatic heterocycles. The van der Waals surface area contributed by atoms with Gasteiger partial charge in [0.05, 0.1) is 0 Å². The third-order valence-corrected chi connectivity index (χ3v) is 2.54. The van der Waals surface area contributed by atoms with E-state index in [0.29, 0.717) is 6.54 Å². The monoisotopic (exact) mass is 203 g/mol. The summed E-state index contributed by atoms with van der Waals surface area (Å²) in [4.78, 5) is 0. The largest absolute Gasteiger partial charge is 0.483 e. The van der Waals surface area contributed by atoms with Gasteiger partial charge in [-0.05, 0) is 50.6 Å². The first kappa shape index (κ1) is 10.2. The lowest BCUT2D eigenvalue weighted by Gasteiger charge is -2.28. The molecule has 1 aromatic carbocycles. The van der Waals surface area contributed by atoms with E-state index in [2.05, 4.69) is 38.1 Å². The van der Waals surface area contributed by atoms with Crippen LogP contribution >= 0.6 is 0 Å². The summed E-state index contributed by atoms with van der Waals surface area (Å²) in [5.41, 5.74) is 7.76. The standard InChI is InChI=1S/C13H17NO/c1-13(2)7-5-11-9-10(6-8-14)3-4-12(11)15-13/h3-5,7,9H,6,8,14H2,1-2H3. The predicted molar refractivity (Wildman–Crippen MR) is 62.9 cm³/mol. The van der Waals surface area contributed by atoms with Gasteiger partial charge in [0.25, 0.3) is 0 Å². The zero-order valence-corrected chi connectivity index (χ0v) is 9.29. The first-order valence-electron chi connectivity index (χ1n) is 5.32. The van der Waals surface area contributed by atoms with Gasteiger partial charge in [-0.3, -0.25) is 0 Å². The molecule has 0 saturated heterocycles. The number of hydrogen-bond acceptors (Lipinski definition) is 2. The predicted octanol–water partition coefficient (Wildman–Crippen LogP) is 2.37. The molecule has 1 aliphatic heterocycles. The summed E-state index contributed by atoms with van der Waals surface area (Å²) >= 11 is 0. The minimum Gasteiger partial charge on any atom is -0.483 e. The quantitative estimate of drug-likeness (QED) is 0.801. The molecule has 0 atom stereocenters. The summed E-state index contributed by atoms with van der Waals surface area (Å²) in [6.07, 6.45) is 5.13. The van der Waals surface area contributed by atoms with Crippen molar-refractivity contribution >= 4 is 6.08 Å². The molecule has 2 rings (SSSR count). The Morgan fingerprint density at radius 1 is 1.33 bits per heavy atom. The smallest absolute Gasteiger partial charge is 0.127 e.